The summed E-state index contributed by atoms with van der Waals surface area (Å²) in [5.41, 5.74) is 5.81. The zero-order chi connectivity index (χ0) is 24.5. The number of hydrogen-bond donors (Lipinski definition) is 2. The van der Waals surface area contributed by atoms with Gasteiger partial charge in [-0.05, 0) is 40.3 Å². The predicted molar refractivity (Wildman–Crippen MR) is 142 cm³/mol. The van der Waals surface area contributed by atoms with Crippen molar-refractivity contribution in [1.82, 2.24) is 9.97 Å². The van der Waals surface area contributed by atoms with Gasteiger partial charge in [-0.2, -0.15) is 0 Å². The lowest BCUT2D eigenvalue weighted by Crippen LogP contribution is -2.21. The highest BCUT2D eigenvalue weighted by atomic mass is 16.3. The average molecular weight is 472 g/mol. The summed E-state index contributed by atoms with van der Waals surface area (Å²) in [6.07, 6.45) is 0.777. The maximum atomic E-state index is 13.1. The summed E-state index contributed by atoms with van der Waals surface area (Å²) < 4.78 is 0. The molecule has 1 aromatic heterocycles. The van der Waals surface area contributed by atoms with Crippen molar-refractivity contribution in [2.45, 2.75) is 25.4 Å². The fourth-order valence-electron chi connectivity index (χ4n) is 4.88. The van der Waals surface area contributed by atoms with Gasteiger partial charge in [-0.25, -0.2) is 9.97 Å². The van der Waals surface area contributed by atoms with Crippen LogP contribution in [0.2, 0.25) is 0 Å². The van der Waals surface area contributed by atoms with E-state index in [-0.39, 0.29) is 12.3 Å². The second-order valence-corrected chi connectivity index (χ2v) is 9.13. The number of benzene rings is 4. The van der Waals surface area contributed by atoms with Crippen LogP contribution in [0.25, 0.3) is 22.0 Å². The van der Waals surface area contributed by atoms with Crippen LogP contribution in [0.5, 0.6) is 0 Å². The standard InChI is InChI=1S/C31H25N3O2/c35-27(19-20-14-15-21-8-4-5-12-24(21)18-20)33-31-29(30(36)23-10-2-1-3-11-23)34-28-25-13-7-6-9-22(25)16-17-26(28)32-31/h1-15,18,30,36H,16-17,19H2,(H,32,33,35). The van der Waals surface area contributed by atoms with Crippen molar-refractivity contribution in [2.75, 3.05) is 5.32 Å². The number of aryl methyl sites for hydroxylation is 2. The molecule has 4 aromatic carbocycles. The Morgan fingerprint density at radius 1 is 0.833 bits per heavy atom. The Kier molecular flexibility index (Phi) is 5.76. The SMILES string of the molecule is O=C(Cc1ccc2ccccc2c1)Nc1nc2c(nc1C(O)c1ccccc1)-c1ccccc1CC2. The molecule has 1 aliphatic carbocycles. The maximum Gasteiger partial charge on any atom is 0.229 e. The highest BCUT2D eigenvalue weighted by Gasteiger charge is 2.26. The first kappa shape index (κ1) is 22.1. The van der Waals surface area contributed by atoms with Crippen LogP contribution >= 0.6 is 0 Å². The Morgan fingerprint density at radius 2 is 1.58 bits per heavy atom. The van der Waals surface area contributed by atoms with Crippen molar-refractivity contribution < 1.29 is 9.90 Å². The summed E-state index contributed by atoms with van der Waals surface area (Å²) in [5, 5.41) is 16.5. The number of rotatable bonds is 5. The van der Waals surface area contributed by atoms with E-state index < -0.39 is 6.10 Å². The molecule has 1 atom stereocenters. The van der Waals surface area contributed by atoms with Crippen molar-refractivity contribution in [2.24, 2.45) is 0 Å². The van der Waals surface area contributed by atoms with Gasteiger partial charge in [0.2, 0.25) is 5.91 Å². The number of anilines is 1. The number of carbonyl (C=O) groups excluding carboxylic acids is 1. The van der Waals surface area contributed by atoms with Crippen LogP contribution in [0, 0.1) is 0 Å². The fraction of sp³-hybridized carbons (Fsp3) is 0.129. The lowest BCUT2D eigenvalue weighted by molar-refractivity contribution is -0.115. The first-order valence-electron chi connectivity index (χ1n) is 12.2. The number of aromatic nitrogens is 2. The summed E-state index contributed by atoms with van der Waals surface area (Å²) in [7, 11) is 0. The molecule has 0 radical (unpaired) electrons. The van der Waals surface area contributed by atoms with Gasteiger partial charge in [0.05, 0.1) is 17.8 Å². The normalized spacial score (nSPS) is 13.0. The largest absolute Gasteiger partial charge is 0.382 e. The lowest BCUT2D eigenvalue weighted by atomic mass is 9.91. The van der Waals surface area contributed by atoms with Crippen LogP contribution in [0.3, 0.4) is 0 Å². The number of fused-ring (bicyclic) bond motifs is 4. The molecule has 5 heteroatoms. The smallest absolute Gasteiger partial charge is 0.229 e. The van der Waals surface area contributed by atoms with Crippen molar-refractivity contribution in [1.29, 1.82) is 0 Å². The minimum Gasteiger partial charge on any atom is -0.382 e. The van der Waals surface area contributed by atoms with Gasteiger partial charge in [0, 0.05) is 5.56 Å². The minimum atomic E-state index is -1.02. The number of aliphatic hydroxyl groups is 1. The molecule has 0 fully saturated rings. The topological polar surface area (TPSA) is 75.1 Å². The molecule has 0 saturated carbocycles. The quantitative estimate of drug-likeness (QED) is 0.347. The Morgan fingerprint density at radius 3 is 2.44 bits per heavy atom. The van der Waals surface area contributed by atoms with E-state index in [2.05, 4.69) is 17.4 Å². The van der Waals surface area contributed by atoms with Crippen LogP contribution in [0.15, 0.2) is 97.1 Å². The van der Waals surface area contributed by atoms with Gasteiger partial charge in [0.1, 0.15) is 11.8 Å². The monoisotopic (exact) mass is 471 g/mol. The number of nitrogens with one attached hydrogen (secondary N) is 1. The lowest BCUT2D eigenvalue weighted by Gasteiger charge is -2.22. The Hall–Kier alpha value is -4.35. The number of amides is 1. The zero-order valence-electron chi connectivity index (χ0n) is 19.7. The van der Waals surface area contributed by atoms with Gasteiger partial charge < -0.3 is 10.4 Å². The highest BCUT2D eigenvalue weighted by molar-refractivity contribution is 5.93. The van der Waals surface area contributed by atoms with Crippen LogP contribution in [-0.2, 0) is 24.1 Å². The van der Waals surface area contributed by atoms with E-state index in [9.17, 15) is 9.90 Å². The summed E-state index contributed by atoms with van der Waals surface area (Å²) in [5.74, 6) is 0.118. The van der Waals surface area contributed by atoms with Crippen LogP contribution in [-0.4, -0.2) is 21.0 Å². The van der Waals surface area contributed by atoms with Crippen LogP contribution in [0.1, 0.15) is 34.2 Å². The summed E-state index contributed by atoms with van der Waals surface area (Å²) in [6.45, 7) is 0. The predicted octanol–water partition coefficient (Wildman–Crippen LogP) is 5.66. The second kappa shape index (κ2) is 9.36. The van der Waals surface area contributed by atoms with Gasteiger partial charge in [0.15, 0.2) is 5.82 Å². The van der Waals surface area contributed by atoms with E-state index in [0.717, 1.165) is 46.1 Å². The van der Waals surface area contributed by atoms with E-state index in [4.69, 9.17) is 9.97 Å². The maximum absolute atomic E-state index is 13.1. The first-order chi connectivity index (χ1) is 17.7. The molecular weight excluding hydrogens is 446 g/mol. The molecule has 5 aromatic rings. The van der Waals surface area contributed by atoms with Gasteiger partial charge in [-0.3, -0.25) is 4.79 Å². The highest BCUT2D eigenvalue weighted by Crippen LogP contribution is 2.35. The number of nitrogens with zero attached hydrogens (tertiary/aromatic N) is 2. The molecule has 0 spiro atoms. The minimum absolute atomic E-state index is 0.197. The molecule has 0 aliphatic heterocycles. The van der Waals surface area contributed by atoms with Gasteiger partial charge in [-0.15, -0.1) is 0 Å². The van der Waals surface area contributed by atoms with Crippen LogP contribution in [0.4, 0.5) is 5.82 Å². The molecule has 176 valence electrons. The third-order valence-electron chi connectivity index (χ3n) is 6.71. The molecule has 2 N–H and O–H groups in total. The van der Waals surface area contributed by atoms with Gasteiger partial charge in [0.25, 0.3) is 0 Å². The number of aliphatic hydroxyl groups excluding tert-OH is 1. The molecule has 1 aliphatic rings. The average Bonchev–Trinajstić information content (AvgIpc) is 2.92. The van der Waals surface area contributed by atoms with Gasteiger partial charge >= 0.3 is 0 Å². The summed E-state index contributed by atoms with van der Waals surface area (Å²) >= 11 is 0. The zero-order valence-corrected chi connectivity index (χ0v) is 19.7. The van der Waals surface area contributed by atoms with E-state index in [1.165, 1.54) is 5.56 Å². The third kappa shape index (κ3) is 4.25. The number of hydrogen-bond acceptors (Lipinski definition) is 4. The molecule has 36 heavy (non-hydrogen) atoms. The molecule has 0 saturated heterocycles. The van der Waals surface area contributed by atoms with E-state index >= 15 is 0 Å². The molecule has 1 amide bonds. The second-order valence-electron chi connectivity index (χ2n) is 9.13. The van der Waals surface area contributed by atoms with Crippen molar-refractivity contribution in [3.05, 3.63) is 125 Å². The van der Waals surface area contributed by atoms with Crippen molar-refractivity contribution >= 4 is 22.5 Å². The summed E-state index contributed by atoms with van der Waals surface area (Å²) in [6, 6.07) is 31.6. The molecule has 0 bridgehead atoms. The van der Waals surface area contributed by atoms with Crippen molar-refractivity contribution in [3.8, 4) is 11.3 Å². The summed E-state index contributed by atoms with van der Waals surface area (Å²) in [4.78, 5) is 22.9. The van der Waals surface area contributed by atoms with Crippen LogP contribution < -0.4 is 5.32 Å². The molecular formula is C31H25N3O2. The van der Waals surface area contributed by atoms with Gasteiger partial charge in [-0.1, -0.05) is 97.1 Å². The molecule has 1 unspecified atom stereocenters. The molecule has 6 rings (SSSR count). The Bertz CT molecular complexity index is 1580. The Labute approximate surface area is 209 Å². The van der Waals surface area contributed by atoms with Crippen molar-refractivity contribution in [3.63, 3.8) is 0 Å². The number of carbonyl (C=O) groups is 1. The van der Waals surface area contributed by atoms with E-state index in [0.29, 0.717) is 17.1 Å². The third-order valence-corrected chi connectivity index (χ3v) is 6.71. The van der Waals surface area contributed by atoms with E-state index in [1.807, 2.05) is 84.9 Å². The van der Waals surface area contributed by atoms with E-state index in [1.54, 1.807) is 0 Å². The fourth-order valence-corrected chi connectivity index (χ4v) is 4.88. The Balaban J connectivity index is 1.36. The molecule has 1 heterocycles. The first-order valence-corrected chi connectivity index (χ1v) is 12.2. The molecule has 5 nitrogen and oxygen atoms in total.